The summed E-state index contributed by atoms with van der Waals surface area (Å²) in [5, 5.41) is 0. The molecule has 17 aliphatic rings. The quantitative estimate of drug-likeness (QED) is 0.278. The minimum Gasteiger partial charge on any atom is -0.462 e. The first-order valence-corrected chi connectivity index (χ1v) is 32.8. The molecule has 23 nitrogen and oxygen atoms in total. The number of ether oxygens (including phenoxy) is 18. The first-order chi connectivity index (χ1) is 41.3. The average Bonchev–Trinajstić information content (AvgIpc) is 1.55. The molecule has 17 aliphatic heterocycles. The summed E-state index contributed by atoms with van der Waals surface area (Å²) in [6, 6.07) is 0. The van der Waals surface area contributed by atoms with Crippen molar-refractivity contribution in [2.75, 3.05) is 6.61 Å². The summed E-state index contributed by atoms with van der Waals surface area (Å²) in [6.07, 6.45) is -2.22. The zero-order valence-corrected chi connectivity index (χ0v) is 50.1. The Hall–Kier alpha value is -2.85. The van der Waals surface area contributed by atoms with Crippen molar-refractivity contribution in [3.8, 4) is 0 Å². The van der Waals surface area contributed by atoms with Gasteiger partial charge >= 0.3 is 17.9 Å². The van der Waals surface area contributed by atoms with Gasteiger partial charge in [0.2, 0.25) is 0 Å². The van der Waals surface area contributed by atoms with Gasteiger partial charge in [0.05, 0.1) is 104 Å². The van der Waals surface area contributed by atoms with Gasteiger partial charge in [-0.3, -0.25) is 24.0 Å². The number of fused-ring (bicyclic) bond motifs is 11. The first kappa shape index (κ1) is 58.3. The third-order valence-electron chi connectivity index (χ3n) is 22.8. The lowest BCUT2D eigenvalue weighted by atomic mass is 9.78. The van der Waals surface area contributed by atoms with E-state index in [9.17, 15) is 24.0 Å². The SMILES string of the molecule is CC(=O)OCC(OC(C)=O)C1C[C@H]2O[C@@H]3[C@H](C[C@H]2O1)O[C@@]1(C[C@@H]3C)C[C@H](C)[C@@H]2O[C@]3(C[C@@H]2O1)C[C@H]1O[C@H]2[C@H](C)[C@H]4OC(=O)C[C@H]5CC[C@@H]6OC7[C@H]8O[C@]9(CC[C@H]%10CC(=O)[C@H](CC[C@H]%11C[C@@H](C)C(=O)C(C[C@@H]4O[C@H]2C[C@H]1O3)O%11)O%10)CC8O[C@@H]7[C@@H](O9)[C@H]6O5. The van der Waals surface area contributed by atoms with Crippen molar-refractivity contribution in [1.29, 1.82) is 0 Å². The predicted octanol–water partition coefficient (Wildman–Crippen LogP) is 4.50. The number of Topliss-reactive ketones (excluding diaryl/α,β-unsaturated/α-hetero) is 2. The van der Waals surface area contributed by atoms with E-state index in [4.69, 9.17) is 85.3 Å². The van der Waals surface area contributed by atoms with Gasteiger partial charge in [0.15, 0.2) is 35.0 Å². The molecule has 0 saturated carbocycles. The zero-order chi connectivity index (χ0) is 58.9. The van der Waals surface area contributed by atoms with Gasteiger partial charge in [0, 0.05) is 96.3 Å². The fraction of sp³-hybridized carbons (Fsp3) is 0.921. The van der Waals surface area contributed by atoms with Gasteiger partial charge in [-0.2, -0.15) is 0 Å². The Morgan fingerprint density at radius 2 is 1.12 bits per heavy atom. The fourth-order valence-corrected chi connectivity index (χ4v) is 19.1. The molecule has 12 bridgehead atoms. The van der Waals surface area contributed by atoms with Crippen LogP contribution in [0.3, 0.4) is 0 Å². The van der Waals surface area contributed by atoms with Crippen LogP contribution in [0.15, 0.2) is 0 Å². The van der Waals surface area contributed by atoms with Gasteiger partial charge in [-0.15, -0.1) is 0 Å². The van der Waals surface area contributed by atoms with E-state index in [0.717, 1.165) is 0 Å². The molecule has 476 valence electrons. The molecule has 0 aromatic carbocycles. The summed E-state index contributed by atoms with van der Waals surface area (Å²) >= 11 is 0. The Balaban J connectivity index is 0.610. The maximum Gasteiger partial charge on any atom is 0.308 e. The molecular formula is C63H86O23. The van der Waals surface area contributed by atoms with E-state index >= 15 is 0 Å². The number of carbonyl (C=O) groups is 5. The number of carbonyl (C=O) groups excluding carboxylic acids is 5. The number of hydrogen-bond donors (Lipinski definition) is 0. The van der Waals surface area contributed by atoms with Crippen LogP contribution in [0.25, 0.3) is 0 Å². The Bertz CT molecular complexity index is 2660. The maximum absolute atomic E-state index is 14.6. The van der Waals surface area contributed by atoms with Gasteiger partial charge in [0.1, 0.15) is 61.5 Å². The maximum atomic E-state index is 14.6. The smallest absolute Gasteiger partial charge is 0.308 e. The van der Waals surface area contributed by atoms with E-state index in [1.54, 1.807) is 0 Å². The third-order valence-corrected chi connectivity index (χ3v) is 22.8. The lowest BCUT2D eigenvalue weighted by Crippen LogP contribution is -2.62. The monoisotopic (exact) mass is 1210 g/mol. The summed E-state index contributed by atoms with van der Waals surface area (Å²) in [6.45, 7) is 10.9. The predicted molar refractivity (Wildman–Crippen MR) is 287 cm³/mol. The van der Waals surface area contributed by atoms with Crippen molar-refractivity contribution >= 4 is 29.5 Å². The van der Waals surface area contributed by atoms with E-state index in [1.165, 1.54) is 13.8 Å². The fourth-order valence-electron chi connectivity index (χ4n) is 19.1. The Kier molecular flexibility index (Phi) is 14.8. The molecule has 0 amide bonds. The minimum absolute atomic E-state index is 0.00816. The van der Waals surface area contributed by atoms with Crippen LogP contribution in [0.5, 0.6) is 0 Å². The minimum atomic E-state index is -0.987. The molecule has 17 rings (SSSR count). The van der Waals surface area contributed by atoms with E-state index in [-0.39, 0.29) is 146 Å². The standard InChI is InChI=1S/C63H86O23/c1-26-13-32-7-9-36-35(66)14-34(71-36)11-12-61-23-47-57(85-61)58-59(79-47)60(86-61)56-37(76-58)10-8-33(73-56)15-50(67)80-55-29(4)54-43(75-44(55)19-42(72-32)51(26)68)18-41-46(78-54)22-63(81-41)24-48-53(84-63)28(3)21-62(83-48)20-27(2)52-45(82-62)17-38-39(77-52)16-40(74-38)49(70-31(6)65)25-69-30(5)64/h26-29,32-34,36-49,52-60H,7-25H2,1-6H3/t26-,27+,28+,29+,32+,33-,34+,36+,37+,38-,39-,40?,41-,42?,43+,44+,45+,46-,47?,48+,49?,52+,53+,54+,55-,56+,57+,58?,59+,60+,61+,62-,63+/m1/s1. The van der Waals surface area contributed by atoms with Gasteiger partial charge in [-0.25, -0.2) is 0 Å². The van der Waals surface area contributed by atoms with Crippen molar-refractivity contribution in [1.82, 2.24) is 0 Å². The molecule has 33 atom stereocenters. The van der Waals surface area contributed by atoms with Crippen LogP contribution >= 0.6 is 0 Å². The highest BCUT2D eigenvalue weighted by atomic mass is 16.8. The Morgan fingerprint density at radius 1 is 0.465 bits per heavy atom. The van der Waals surface area contributed by atoms with Crippen LogP contribution in [0.2, 0.25) is 0 Å². The number of ketones is 2. The normalized spacial score (nSPS) is 55.5. The average molecular weight is 1210 g/mol. The zero-order valence-electron chi connectivity index (χ0n) is 50.1. The highest BCUT2D eigenvalue weighted by Crippen LogP contribution is 2.58. The van der Waals surface area contributed by atoms with E-state index < -0.39 is 102 Å². The van der Waals surface area contributed by atoms with Crippen LogP contribution in [0.1, 0.15) is 157 Å². The highest BCUT2D eigenvalue weighted by molar-refractivity contribution is 5.86. The summed E-state index contributed by atoms with van der Waals surface area (Å²) in [5.74, 6) is -4.66. The van der Waals surface area contributed by atoms with Crippen LogP contribution < -0.4 is 0 Å². The molecule has 0 radical (unpaired) electrons. The van der Waals surface area contributed by atoms with Gasteiger partial charge in [0.25, 0.3) is 0 Å². The molecular weight excluding hydrogens is 1120 g/mol. The Labute approximate surface area is 500 Å². The lowest BCUT2D eigenvalue weighted by molar-refractivity contribution is -0.369. The first-order valence-electron chi connectivity index (χ1n) is 32.8. The molecule has 17 fully saturated rings. The van der Waals surface area contributed by atoms with Crippen LogP contribution in [-0.4, -0.2) is 212 Å². The summed E-state index contributed by atoms with van der Waals surface area (Å²) in [5.41, 5.74) is 0. The second-order valence-electron chi connectivity index (χ2n) is 28.9. The molecule has 17 saturated heterocycles. The lowest BCUT2D eigenvalue weighted by Gasteiger charge is -2.54. The van der Waals surface area contributed by atoms with E-state index in [2.05, 4.69) is 13.8 Å². The molecule has 0 aliphatic carbocycles. The summed E-state index contributed by atoms with van der Waals surface area (Å²) in [4.78, 5) is 66.1. The van der Waals surface area contributed by atoms with E-state index in [1.807, 2.05) is 13.8 Å². The van der Waals surface area contributed by atoms with Crippen LogP contribution in [0.4, 0.5) is 0 Å². The molecule has 17 heterocycles. The molecule has 0 aromatic rings. The topological polar surface area (TPSA) is 251 Å². The highest BCUT2D eigenvalue weighted by Gasteiger charge is 2.70. The second kappa shape index (κ2) is 21.9. The van der Waals surface area contributed by atoms with Crippen LogP contribution in [-0.2, 0) is 109 Å². The number of esters is 3. The molecule has 23 heteroatoms. The van der Waals surface area contributed by atoms with Crippen molar-refractivity contribution in [2.45, 2.75) is 333 Å². The molecule has 86 heavy (non-hydrogen) atoms. The van der Waals surface area contributed by atoms with Gasteiger partial charge in [-0.1, -0.05) is 27.7 Å². The summed E-state index contributed by atoms with van der Waals surface area (Å²) in [7, 11) is 0. The molecule has 0 N–H and O–H groups in total. The largest absolute Gasteiger partial charge is 0.462 e. The van der Waals surface area contributed by atoms with Crippen molar-refractivity contribution < 1.29 is 109 Å². The molecule has 0 aromatic heterocycles. The van der Waals surface area contributed by atoms with Gasteiger partial charge < -0.3 is 85.3 Å². The van der Waals surface area contributed by atoms with Crippen LogP contribution in [0, 0.1) is 23.7 Å². The molecule has 3 spiro atoms. The number of hydrogen-bond acceptors (Lipinski definition) is 23. The second-order valence-corrected chi connectivity index (χ2v) is 28.9. The van der Waals surface area contributed by atoms with Gasteiger partial charge in [-0.05, 0) is 50.4 Å². The Morgan fingerprint density at radius 3 is 1.95 bits per heavy atom. The van der Waals surface area contributed by atoms with Crippen molar-refractivity contribution in [3.05, 3.63) is 0 Å². The number of rotatable bonds is 4. The third kappa shape index (κ3) is 10.3. The van der Waals surface area contributed by atoms with Crippen molar-refractivity contribution in [2.24, 2.45) is 23.7 Å². The summed E-state index contributed by atoms with van der Waals surface area (Å²) < 4.78 is 120. The van der Waals surface area contributed by atoms with E-state index in [0.29, 0.717) is 103 Å². The molecule has 5 unspecified atom stereocenters. The van der Waals surface area contributed by atoms with Crippen molar-refractivity contribution in [3.63, 3.8) is 0 Å².